The summed E-state index contributed by atoms with van der Waals surface area (Å²) >= 11 is 0. The molecule has 1 aromatic carbocycles. The van der Waals surface area contributed by atoms with Crippen LogP contribution in [0.15, 0.2) is 34.9 Å². The predicted octanol–water partition coefficient (Wildman–Crippen LogP) is 2.85. The summed E-state index contributed by atoms with van der Waals surface area (Å²) in [6, 6.07) is 8.05. The average molecular weight is 241 g/mol. The number of aryl methyl sites for hydroxylation is 1. The Hall–Kier alpha value is -2.07. The van der Waals surface area contributed by atoms with Crippen molar-refractivity contribution in [1.82, 2.24) is 15.5 Å². The van der Waals surface area contributed by atoms with Crippen LogP contribution in [0.5, 0.6) is 0 Å². The van der Waals surface area contributed by atoms with Gasteiger partial charge in [0.1, 0.15) is 5.58 Å². The van der Waals surface area contributed by atoms with Gasteiger partial charge in [0.2, 0.25) is 0 Å². The highest BCUT2D eigenvalue weighted by Crippen LogP contribution is 2.33. The van der Waals surface area contributed by atoms with E-state index in [0.29, 0.717) is 0 Å². The smallest absolute Gasteiger partial charge is 0.134 e. The highest BCUT2D eigenvalue weighted by atomic mass is 16.3. The molecule has 0 saturated heterocycles. The summed E-state index contributed by atoms with van der Waals surface area (Å²) in [5, 5.41) is 11.6. The fourth-order valence-electron chi connectivity index (χ4n) is 2.30. The lowest BCUT2D eigenvalue weighted by Gasteiger charge is -2.01. The molecule has 0 unspecified atom stereocenters. The van der Waals surface area contributed by atoms with Gasteiger partial charge in [-0.15, -0.1) is 0 Å². The number of fused-ring (bicyclic) bond motifs is 1. The van der Waals surface area contributed by atoms with Gasteiger partial charge in [-0.05, 0) is 20.0 Å². The molecule has 0 fully saturated rings. The molecule has 0 bridgehead atoms. The van der Waals surface area contributed by atoms with Gasteiger partial charge in [0.05, 0.1) is 12.0 Å². The van der Waals surface area contributed by atoms with Gasteiger partial charge in [-0.2, -0.15) is 5.10 Å². The van der Waals surface area contributed by atoms with Gasteiger partial charge in [-0.25, -0.2) is 0 Å². The Kier molecular flexibility index (Phi) is 2.64. The van der Waals surface area contributed by atoms with Crippen LogP contribution in [0.25, 0.3) is 22.1 Å². The van der Waals surface area contributed by atoms with Crippen LogP contribution in [0.4, 0.5) is 0 Å². The summed E-state index contributed by atoms with van der Waals surface area (Å²) in [6.45, 7) is 2.77. The Morgan fingerprint density at radius 1 is 1.33 bits per heavy atom. The zero-order chi connectivity index (χ0) is 12.5. The molecule has 4 nitrogen and oxygen atoms in total. The number of hydrogen-bond donors (Lipinski definition) is 2. The van der Waals surface area contributed by atoms with Crippen molar-refractivity contribution in [1.29, 1.82) is 0 Å². The normalized spacial score (nSPS) is 11.2. The van der Waals surface area contributed by atoms with Gasteiger partial charge in [0.25, 0.3) is 0 Å². The molecule has 2 heterocycles. The number of benzene rings is 1. The third kappa shape index (κ3) is 1.62. The van der Waals surface area contributed by atoms with E-state index in [0.717, 1.165) is 40.0 Å². The number of nitrogens with zero attached hydrogens (tertiary/aromatic N) is 1. The Morgan fingerprint density at radius 3 is 3.00 bits per heavy atom. The van der Waals surface area contributed by atoms with E-state index in [4.69, 9.17) is 4.42 Å². The third-order valence-electron chi connectivity index (χ3n) is 3.12. The predicted molar refractivity (Wildman–Crippen MR) is 71.3 cm³/mol. The van der Waals surface area contributed by atoms with Crippen LogP contribution >= 0.6 is 0 Å². The van der Waals surface area contributed by atoms with Crippen molar-refractivity contribution >= 4 is 11.0 Å². The quantitative estimate of drug-likeness (QED) is 0.741. The summed E-state index contributed by atoms with van der Waals surface area (Å²) in [5.74, 6) is 0. The lowest BCUT2D eigenvalue weighted by atomic mass is 10.0. The molecule has 2 N–H and O–H groups in total. The minimum Gasteiger partial charge on any atom is -0.464 e. The lowest BCUT2D eigenvalue weighted by molar-refractivity contribution is 0.617. The summed E-state index contributed by atoms with van der Waals surface area (Å²) < 4.78 is 5.60. The molecule has 0 spiro atoms. The minimum atomic E-state index is 0.735. The van der Waals surface area contributed by atoms with Crippen LogP contribution in [0, 0.1) is 6.92 Å². The Morgan fingerprint density at radius 2 is 2.17 bits per heavy atom. The first kappa shape index (κ1) is 11.0. The molecule has 3 aromatic rings. The number of rotatable bonds is 3. The van der Waals surface area contributed by atoms with Crippen LogP contribution in [-0.2, 0) is 6.54 Å². The Balaban J connectivity index is 2.22. The van der Waals surface area contributed by atoms with Gasteiger partial charge < -0.3 is 9.73 Å². The van der Waals surface area contributed by atoms with Crippen molar-refractivity contribution < 1.29 is 4.42 Å². The molecule has 0 atom stereocenters. The van der Waals surface area contributed by atoms with Crippen LogP contribution in [0.2, 0.25) is 0 Å². The number of para-hydroxylation sites is 1. The fourth-order valence-corrected chi connectivity index (χ4v) is 2.30. The number of furan rings is 1. The van der Waals surface area contributed by atoms with Crippen LogP contribution in [0.1, 0.15) is 11.4 Å². The Bertz CT molecular complexity index is 681. The summed E-state index contributed by atoms with van der Waals surface area (Å²) in [6.07, 6.45) is 1.81. The van der Waals surface area contributed by atoms with Crippen molar-refractivity contribution in [2.45, 2.75) is 13.5 Å². The fraction of sp³-hybridized carbons (Fsp3) is 0.214. The zero-order valence-electron chi connectivity index (χ0n) is 10.4. The summed E-state index contributed by atoms with van der Waals surface area (Å²) in [5.41, 5.74) is 5.22. The maximum atomic E-state index is 5.60. The van der Waals surface area contributed by atoms with Crippen molar-refractivity contribution in [2.24, 2.45) is 0 Å². The molecular weight excluding hydrogens is 226 g/mol. The van der Waals surface area contributed by atoms with Crippen molar-refractivity contribution in [2.75, 3.05) is 7.05 Å². The molecule has 0 saturated carbocycles. The maximum Gasteiger partial charge on any atom is 0.134 e. The first-order valence-electron chi connectivity index (χ1n) is 5.96. The molecule has 4 heteroatoms. The van der Waals surface area contributed by atoms with Gasteiger partial charge in [0.15, 0.2) is 0 Å². The zero-order valence-corrected chi connectivity index (χ0v) is 10.4. The van der Waals surface area contributed by atoms with E-state index in [1.807, 2.05) is 38.4 Å². The van der Waals surface area contributed by atoms with E-state index in [1.54, 1.807) is 0 Å². The molecule has 2 aromatic heterocycles. The number of hydrogen-bond acceptors (Lipinski definition) is 3. The van der Waals surface area contributed by atoms with E-state index >= 15 is 0 Å². The van der Waals surface area contributed by atoms with Crippen molar-refractivity contribution in [3.63, 3.8) is 0 Å². The van der Waals surface area contributed by atoms with Crippen molar-refractivity contribution in [3.05, 3.63) is 41.9 Å². The highest BCUT2D eigenvalue weighted by molar-refractivity contribution is 5.95. The maximum absolute atomic E-state index is 5.60. The SMILES string of the molecule is CNCc1n[nH]c(C)c1-c1coc2ccccc12. The standard InChI is InChI=1S/C14H15N3O/c1-9-14(12(7-15-2)17-16-9)11-8-18-13-6-4-3-5-10(11)13/h3-6,8,15H,7H2,1-2H3,(H,16,17). The summed E-state index contributed by atoms with van der Waals surface area (Å²) in [7, 11) is 1.92. The van der Waals surface area contributed by atoms with E-state index in [1.165, 1.54) is 0 Å². The molecule has 18 heavy (non-hydrogen) atoms. The first-order valence-corrected chi connectivity index (χ1v) is 5.96. The highest BCUT2D eigenvalue weighted by Gasteiger charge is 2.16. The van der Waals surface area contributed by atoms with Crippen LogP contribution < -0.4 is 5.32 Å². The molecule has 92 valence electrons. The van der Waals surface area contributed by atoms with Crippen molar-refractivity contribution in [3.8, 4) is 11.1 Å². The number of H-pyrrole nitrogens is 1. The number of aromatic amines is 1. The monoisotopic (exact) mass is 241 g/mol. The molecule has 0 radical (unpaired) electrons. The van der Waals surface area contributed by atoms with Crippen LogP contribution in [-0.4, -0.2) is 17.2 Å². The second-order valence-corrected chi connectivity index (χ2v) is 4.35. The molecule has 0 aliphatic carbocycles. The van der Waals surface area contributed by atoms with Gasteiger partial charge in [0, 0.05) is 28.8 Å². The molecule has 0 amide bonds. The largest absolute Gasteiger partial charge is 0.464 e. The van der Waals surface area contributed by atoms with E-state index in [-0.39, 0.29) is 0 Å². The Labute approximate surface area is 105 Å². The van der Waals surface area contributed by atoms with E-state index < -0.39 is 0 Å². The van der Waals surface area contributed by atoms with Crippen LogP contribution in [0.3, 0.4) is 0 Å². The lowest BCUT2D eigenvalue weighted by Crippen LogP contribution is -2.06. The van der Waals surface area contributed by atoms with Gasteiger partial charge >= 0.3 is 0 Å². The topological polar surface area (TPSA) is 53.9 Å². The molecule has 3 rings (SSSR count). The number of aromatic nitrogens is 2. The van der Waals surface area contributed by atoms with Gasteiger partial charge in [-0.1, -0.05) is 18.2 Å². The molecule has 0 aliphatic rings. The molecular formula is C14H15N3O. The second kappa shape index (κ2) is 4.31. The van der Waals surface area contributed by atoms with E-state index in [9.17, 15) is 0 Å². The first-order chi connectivity index (χ1) is 8.81. The van der Waals surface area contributed by atoms with E-state index in [2.05, 4.69) is 21.6 Å². The number of nitrogens with one attached hydrogen (secondary N) is 2. The minimum absolute atomic E-state index is 0.735. The third-order valence-corrected chi connectivity index (χ3v) is 3.12. The second-order valence-electron chi connectivity index (χ2n) is 4.35. The van der Waals surface area contributed by atoms with Gasteiger partial charge in [-0.3, -0.25) is 5.10 Å². The average Bonchev–Trinajstić information content (AvgIpc) is 2.94. The summed E-state index contributed by atoms with van der Waals surface area (Å²) in [4.78, 5) is 0. The molecule has 0 aliphatic heterocycles.